The Morgan fingerprint density at radius 2 is 1.62 bits per heavy atom. The third-order valence-corrected chi connectivity index (χ3v) is 4.47. The Morgan fingerprint density at radius 1 is 1.00 bits per heavy atom. The van der Waals surface area contributed by atoms with E-state index in [1.165, 1.54) is 12.0 Å². The van der Waals surface area contributed by atoms with Crippen molar-refractivity contribution >= 4 is 17.5 Å². The van der Waals surface area contributed by atoms with Gasteiger partial charge in [-0.2, -0.15) is 0 Å². The van der Waals surface area contributed by atoms with E-state index in [0.29, 0.717) is 17.2 Å². The number of hydrogen-bond donors (Lipinski definition) is 0. The molecular weight excluding hydrogens is 270 g/mol. The quantitative estimate of drug-likeness (QED) is 0.802. The van der Waals surface area contributed by atoms with Crippen molar-refractivity contribution in [2.45, 2.75) is 25.7 Å². The first kappa shape index (κ1) is 13.9. The zero-order valence-electron chi connectivity index (χ0n) is 12.3. The van der Waals surface area contributed by atoms with Crippen LogP contribution < -0.4 is 14.4 Å². The summed E-state index contributed by atoms with van der Waals surface area (Å²) in [6.45, 7) is 0. The van der Waals surface area contributed by atoms with Gasteiger partial charge < -0.3 is 9.47 Å². The second-order valence-corrected chi connectivity index (χ2v) is 5.55. The molecule has 0 unspecified atom stereocenters. The number of carbonyl (C=O) groups excluding carboxylic acids is 2. The van der Waals surface area contributed by atoms with Crippen LogP contribution in [0.15, 0.2) is 18.2 Å². The molecular formula is C16H19NO4. The monoisotopic (exact) mass is 289 g/mol. The zero-order chi connectivity index (χ0) is 15.0. The lowest BCUT2D eigenvalue weighted by molar-refractivity contribution is -0.122. The van der Waals surface area contributed by atoms with Crippen molar-refractivity contribution < 1.29 is 19.1 Å². The molecule has 21 heavy (non-hydrogen) atoms. The fraction of sp³-hybridized carbons (Fsp3) is 0.500. The van der Waals surface area contributed by atoms with Gasteiger partial charge in [0.05, 0.1) is 31.7 Å². The number of nitrogens with zero attached hydrogens (tertiary/aromatic N) is 1. The van der Waals surface area contributed by atoms with Crippen molar-refractivity contribution in [2.75, 3.05) is 19.1 Å². The van der Waals surface area contributed by atoms with E-state index in [-0.39, 0.29) is 23.7 Å². The molecule has 3 rings (SSSR count). The van der Waals surface area contributed by atoms with Crippen molar-refractivity contribution in [2.24, 2.45) is 11.8 Å². The number of rotatable bonds is 3. The van der Waals surface area contributed by atoms with Gasteiger partial charge in [0, 0.05) is 6.07 Å². The molecule has 0 N–H and O–H groups in total. The predicted molar refractivity (Wildman–Crippen MR) is 77.5 cm³/mol. The molecule has 1 heterocycles. The second-order valence-electron chi connectivity index (χ2n) is 5.55. The molecule has 5 nitrogen and oxygen atoms in total. The normalized spacial score (nSPS) is 25.0. The second kappa shape index (κ2) is 5.39. The molecule has 2 fully saturated rings. The molecule has 1 aromatic carbocycles. The van der Waals surface area contributed by atoms with Crippen molar-refractivity contribution in [3.05, 3.63) is 18.2 Å². The number of carbonyl (C=O) groups is 2. The minimum Gasteiger partial charge on any atom is -0.497 e. The number of benzene rings is 1. The van der Waals surface area contributed by atoms with E-state index < -0.39 is 0 Å². The number of fused-ring (bicyclic) bond motifs is 1. The molecule has 112 valence electrons. The molecule has 5 heteroatoms. The first-order valence-electron chi connectivity index (χ1n) is 7.27. The standard InChI is InChI=1S/C16H19NO4/c1-20-10-7-8-13(14(9-10)21-2)17-15(18)11-5-3-4-6-12(11)16(17)19/h7-9,11-12H,3-6H2,1-2H3/t11-,12-/m0/s1. The van der Waals surface area contributed by atoms with Gasteiger partial charge in [0.25, 0.3) is 0 Å². The number of imide groups is 1. The summed E-state index contributed by atoms with van der Waals surface area (Å²) in [4.78, 5) is 26.5. The topological polar surface area (TPSA) is 55.8 Å². The summed E-state index contributed by atoms with van der Waals surface area (Å²) in [6.07, 6.45) is 3.66. The highest BCUT2D eigenvalue weighted by atomic mass is 16.5. The van der Waals surface area contributed by atoms with Gasteiger partial charge in [-0.15, -0.1) is 0 Å². The maximum atomic E-state index is 12.6. The van der Waals surface area contributed by atoms with Gasteiger partial charge in [0.15, 0.2) is 0 Å². The molecule has 0 spiro atoms. The van der Waals surface area contributed by atoms with E-state index in [2.05, 4.69) is 0 Å². The Kier molecular flexibility index (Phi) is 3.57. The Balaban J connectivity index is 2.00. The van der Waals surface area contributed by atoms with E-state index in [4.69, 9.17) is 9.47 Å². The molecule has 2 aliphatic rings. The van der Waals surface area contributed by atoms with E-state index in [9.17, 15) is 9.59 Å². The lowest BCUT2D eigenvalue weighted by Crippen LogP contribution is -2.31. The molecule has 1 aromatic rings. The molecule has 2 amide bonds. The molecule has 1 aliphatic heterocycles. The fourth-order valence-corrected chi connectivity index (χ4v) is 3.37. The third-order valence-electron chi connectivity index (χ3n) is 4.47. The minimum atomic E-state index is -0.155. The highest BCUT2D eigenvalue weighted by molar-refractivity contribution is 6.22. The molecule has 0 radical (unpaired) electrons. The summed E-state index contributed by atoms with van der Waals surface area (Å²) in [7, 11) is 3.09. The summed E-state index contributed by atoms with van der Waals surface area (Å²) in [6, 6.07) is 5.14. The summed E-state index contributed by atoms with van der Waals surface area (Å²) in [5, 5.41) is 0. The van der Waals surface area contributed by atoms with Gasteiger partial charge in [-0.1, -0.05) is 12.8 Å². The van der Waals surface area contributed by atoms with Crippen molar-refractivity contribution in [1.29, 1.82) is 0 Å². The van der Waals surface area contributed by atoms with Crippen LogP contribution in [0.4, 0.5) is 5.69 Å². The molecule has 1 saturated carbocycles. The highest BCUT2D eigenvalue weighted by Crippen LogP contribution is 2.43. The predicted octanol–water partition coefficient (Wildman–Crippen LogP) is 2.38. The van der Waals surface area contributed by atoms with Crippen LogP contribution in [0.2, 0.25) is 0 Å². The molecule has 0 bridgehead atoms. The number of hydrogen-bond acceptors (Lipinski definition) is 4. The summed E-state index contributed by atoms with van der Waals surface area (Å²) < 4.78 is 10.5. The Labute approximate surface area is 123 Å². The molecule has 1 saturated heterocycles. The Morgan fingerprint density at radius 3 is 2.14 bits per heavy atom. The van der Waals surface area contributed by atoms with Crippen molar-refractivity contribution in [1.82, 2.24) is 0 Å². The van der Waals surface area contributed by atoms with Crippen molar-refractivity contribution in [3.8, 4) is 11.5 Å². The first-order valence-corrected chi connectivity index (χ1v) is 7.27. The summed E-state index contributed by atoms with van der Waals surface area (Å²) >= 11 is 0. The zero-order valence-corrected chi connectivity index (χ0v) is 12.3. The number of ether oxygens (including phenoxy) is 2. The maximum Gasteiger partial charge on any atom is 0.237 e. The van der Waals surface area contributed by atoms with Gasteiger partial charge in [0.1, 0.15) is 11.5 Å². The largest absolute Gasteiger partial charge is 0.497 e. The SMILES string of the molecule is COc1ccc(N2C(=O)[C@H]3CCCC[C@@H]3C2=O)c(OC)c1. The van der Waals surface area contributed by atoms with Gasteiger partial charge in [0.2, 0.25) is 11.8 Å². The average Bonchev–Trinajstić information content (AvgIpc) is 2.79. The molecule has 0 aromatic heterocycles. The number of methoxy groups -OCH3 is 2. The Hall–Kier alpha value is -2.04. The lowest BCUT2D eigenvalue weighted by atomic mass is 9.81. The van der Waals surface area contributed by atoms with Crippen LogP contribution in [0.25, 0.3) is 0 Å². The minimum absolute atomic E-state index is 0.0897. The fourth-order valence-electron chi connectivity index (χ4n) is 3.37. The molecule has 2 atom stereocenters. The maximum absolute atomic E-state index is 12.6. The van der Waals surface area contributed by atoms with Gasteiger partial charge in [-0.3, -0.25) is 9.59 Å². The van der Waals surface area contributed by atoms with Crippen LogP contribution in [0, 0.1) is 11.8 Å². The van der Waals surface area contributed by atoms with Crippen LogP contribution in [-0.2, 0) is 9.59 Å². The van der Waals surface area contributed by atoms with Crippen LogP contribution >= 0.6 is 0 Å². The van der Waals surface area contributed by atoms with E-state index >= 15 is 0 Å². The van der Waals surface area contributed by atoms with Crippen LogP contribution in [-0.4, -0.2) is 26.0 Å². The summed E-state index contributed by atoms with van der Waals surface area (Å²) in [5.74, 6) is 0.624. The smallest absolute Gasteiger partial charge is 0.237 e. The van der Waals surface area contributed by atoms with Crippen LogP contribution in [0.5, 0.6) is 11.5 Å². The van der Waals surface area contributed by atoms with Crippen LogP contribution in [0.1, 0.15) is 25.7 Å². The van der Waals surface area contributed by atoms with Gasteiger partial charge in [-0.05, 0) is 25.0 Å². The third kappa shape index (κ3) is 2.17. The van der Waals surface area contributed by atoms with Gasteiger partial charge >= 0.3 is 0 Å². The number of anilines is 1. The van der Waals surface area contributed by atoms with E-state index in [1.54, 1.807) is 25.3 Å². The van der Waals surface area contributed by atoms with Gasteiger partial charge in [-0.25, -0.2) is 4.90 Å². The van der Waals surface area contributed by atoms with Crippen LogP contribution in [0.3, 0.4) is 0 Å². The lowest BCUT2D eigenvalue weighted by Gasteiger charge is -2.19. The first-order chi connectivity index (χ1) is 10.2. The van der Waals surface area contributed by atoms with E-state index in [0.717, 1.165) is 25.7 Å². The highest BCUT2D eigenvalue weighted by Gasteiger charge is 2.49. The summed E-state index contributed by atoms with van der Waals surface area (Å²) in [5.41, 5.74) is 0.516. The number of amides is 2. The van der Waals surface area contributed by atoms with Crippen molar-refractivity contribution in [3.63, 3.8) is 0 Å². The average molecular weight is 289 g/mol. The molecule has 1 aliphatic carbocycles. The Bertz CT molecular complexity index is 560. The van der Waals surface area contributed by atoms with E-state index in [1.807, 2.05) is 0 Å².